The third-order valence-electron chi connectivity index (χ3n) is 6.22. The van der Waals surface area contributed by atoms with Gasteiger partial charge in [0, 0.05) is 5.56 Å². The molecule has 0 atom stereocenters. The number of hydrogen-bond acceptors (Lipinski definition) is 5. The number of carbonyl (C=O) groups is 3. The third-order valence-corrected chi connectivity index (χ3v) is 7.55. The first-order chi connectivity index (χ1) is 21.0. The van der Waals surface area contributed by atoms with Crippen molar-refractivity contribution in [2.75, 3.05) is 24.0 Å². The van der Waals surface area contributed by atoms with Crippen LogP contribution in [0.2, 0.25) is 0 Å². The smallest absolute Gasteiger partial charge is 0.412 e. The maximum absolute atomic E-state index is 13.2. The Morgan fingerprint density at radius 3 is 1.89 bits per heavy atom. The molecule has 9 heteroatoms. The van der Waals surface area contributed by atoms with E-state index in [1.165, 1.54) is 5.30 Å². The Bertz CT molecular complexity index is 1520. The van der Waals surface area contributed by atoms with E-state index in [4.69, 9.17) is 14.3 Å². The van der Waals surface area contributed by atoms with Gasteiger partial charge in [-0.05, 0) is 85.9 Å². The average molecular weight is 614 g/mol. The normalized spacial score (nSPS) is 10.8. The average Bonchev–Trinajstić information content (AvgIpc) is 2.98. The molecule has 3 amide bonds. The zero-order chi connectivity index (χ0) is 32.1. The van der Waals surface area contributed by atoms with Crippen molar-refractivity contribution in [3.8, 4) is 11.1 Å². The predicted molar refractivity (Wildman–Crippen MR) is 180 cm³/mol. The molecular weight excluding hydrogens is 573 g/mol. The number of anilines is 2. The monoisotopic (exact) mass is 613 g/mol. The number of ether oxygens (including phenoxy) is 2. The molecule has 0 unspecified atom stereocenters. The molecule has 0 aliphatic rings. The van der Waals surface area contributed by atoms with Gasteiger partial charge in [0.2, 0.25) is 6.41 Å². The first-order valence-electron chi connectivity index (χ1n) is 14.1. The highest BCUT2D eigenvalue weighted by atomic mass is 31.1. The van der Waals surface area contributed by atoms with E-state index in [0.717, 1.165) is 22.3 Å². The zero-order valence-electron chi connectivity index (χ0n) is 25.8. The summed E-state index contributed by atoms with van der Waals surface area (Å²) in [6, 6.07) is 31.2. The second-order valence-corrected chi connectivity index (χ2v) is 13.4. The molecule has 4 N–H and O–H groups in total. The molecule has 4 rings (SSSR count). The second kappa shape index (κ2) is 16.4. The van der Waals surface area contributed by atoms with Crippen molar-refractivity contribution in [2.45, 2.75) is 39.6 Å². The maximum atomic E-state index is 13.2. The van der Waals surface area contributed by atoms with Crippen LogP contribution in [0.25, 0.3) is 11.1 Å². The summed E-state index contributed by atoms with van der Waals surface area (Å²) in [6.45, 7) is 10.9. The van der Waals surface area contributed by atoms with Gasteiger partial charge in [0.25, 0.3) is 5.91 Å². The van der Waals surface area contributed by atoms with Gasteiger partial charge in [-0.1, -0.05) is 80.7 Å². The highest BCUT2D eigenvalue weighted by Crippen LogP contribution is 2.30. The lowest BCUT2D eigenvalue weighted by Gasteiger charge is -2.21. The van der Waals surface area contributed by atoms with Crippen molar-refractivity contribution in [1.29, 1.82) is 0 Å². The summed E-state index contributed by atoms with van der Waals surface area (Å²) < 4.78 is 11.3. The lowest BCUT2D eigenvalue weighted by molar-refractivity contribution is -0.106. The Labute approximate surface area is 260 Å². The van der Waals surface area contributed by atoms with Gasteiger partial charge in [0.05, 0.1) is 24.6 Å². The fourth-order valence-electron chi connectivity index (χ4n) is 4.10. The number of rotatable bonds is 9. The van der Waals surface area contributed by atoms with Crippen molar-refractivity contribution in [3.63, 3.8) is 0 Å². The zero-order valence-corrected chi connectivity index (χ0v) is 26.7. The number of carbonyl (C=O) groups excluding carboxylic acids is 3. The van der Waals surface area contributed by atoms with Crippen molar-refractivity contribution >= 4 is 43.0 Å². The molecule has 0 bridgehead atoms. The number of nitrogens with two attached hydrogens (primary N) is 1. The van der Waals surface area contributed by atoms with Crippen LogP contribution < -0.4 is 21.7 Å². The highest BCUT2D eigenvalue weighted by Gasteiger charge is 2.18. The van der Waals surface area contributed by atoms with Gasteiger partial charge in [0.15, 0.2) is 0 Å². The van der Waals surface area contributed by atoms with Crippen LogP contribution in [0.5, 0.6) is 0 Å². The van der Waals surface area contributed by atoms with Gasteiger partial charge in [-0.25, -0.2) is 4.79 Å². The van der Waals surface area contributed by atoms with E-state index in [0.29, 0.717) is 30.2 Å². The van der Waals surface area contributed by atoms with Crippen LogP contribution in [0, 0.1) is 0 Å². The highest BCUT2D eigenvalue weighted by molar-refractivity contribution is 7.64. The Kier molecular flexibility index (Phi) is 12.6. The van der Waals surface area contributed by atoms with E-state index >= 15 is 0 Å². The van der Waals surface area contributed by atoms with Crippen molar-refractivity contribution < 1.29 is 23.9 Å². The summed E-state index contributed by atoms with van der Waals surface area (Å²) in [5.41, 5.74) is 8.93. The molecule has 0 fully saturated rings. The molecular formula is C35H40N3O5P. The van der Waals surface area contributed by atoms with Crippen LogP contribution in [0.1, 0.15) is 42.3 Å². The van der Waals surface area contributed by atoms with Crippen LogP contribution >= 0.6 is 7.92 Å². The van der Waals surface area contributed by atoms with E-state index in [-0.39, 0.29) is 20.2 Å². The van der Waals surface area contributed by atoms with Crippen molar-refractivity contribution in [3.05, 3.63) is 114 Å². The summed E-state index contributed by atoms with van der Waals surface area (Å²) in [7, 11) is -0.104. The Morgan fingerprint density at radius 2 is 1.34 bits per heavy atom. The minimum absolute atomic E-state index is 0.104. The molecule has 0 aliphatic carbocycles. The van der Waals surface area contributed by atoms with Gasteiger partial charge in [-0.3, -0.25) is 14.9 Å². The Morgan fingerprint density at radius 1 is 0.773 bits per heavy atom. The van der Waals surface area contributed by atoms with Crippen LogP contribution in [0.15, 0.2) is 97.1 Å². The lowest BCUT2D eigenvalue weighted by Crippen LogP contribution is -2.27. The van der Waals surface area contributed by atoms with Gasteiger partial charge in [0.1, 0.15) is 5.60 Å². The SMILES string of the molecule is CP(C)c1ccc(COCc2ccc(C(=O)Nc3cc(-c4ccccc4)ccc3NC(=O)OC(C)(C)C)cc2)cc1.NC=O. The lowest BCUT2D eigenvalue weighted by atomic mass is 10.0. The fraction of sp³-hybridized carbons (Fsp3) is 0.229. The van der Waals surface area contributed by atoms with Crippen LogP contribution in [-0.4, -0.2) is 37.3 Å². The van der Waals surface area contributed by atoms with E-state index in [9.17, 15) is 9.59 Å². The van der Waals surface area contributed by atoms with E-state index in [1.54, 1.807) is 39.0 Å². The molecule has 0 radical (unpaired) electrons. The maximum Gasteiger partial charge on any atom is 0.412 e. The Hall–Kier alpha value is -4.52. The molecule has 230 valence electrons. The minimum atomic E-state index is -0.651. The van der Waals surface area contributed by atoms with Crippen molar-refractivity contribution in [1.82, 2.24) is 0 Å². The summed E-state index contributed by atoms with van der Waals surface area (Å²) in [5.74, 6) is -0.290. The van der Waals surface area contributed by atoms with Crippen LogP contribution in [0.4, 0.5) is 16.2 Å². The fourth-order valence-corrected chi connectivity index (χ4v) is 4.85. The first kappa shape index (κ1) is 34.0. The molecule has 44 heavy (non-hydrogen) atoms. The summed E-state index contributed by atoms with van der Waals surface area (Å²) >= 11 is 0. The summed E-state index contributed by atoms with van der Waals surface area (Å²) in [4.78, 5) is 34.3. The number of hydrogen-bond donors (Lipinski definition) is 3. The second-order valence-electron chi connectivity index (χ2n) is 11.1. The van der Waals surface area contributed by atoms with Crippen LogP contribution in [0.3, 0.4) is 0 Å². The van der Waals surface area contributed by atoms with Gasteiger partial charge in [-0.2, -0.15) is 0 Å². The topological polar surface area (TPSA) is 120 Å². The molecule has 0 saturated carbocycles. The number of nitrogens with one attached hydrogen (secondary N) is 2. The summed E-state index contributed by atoms with van der Waals surface area (Å²) in [6.07, 6.45) is -0.346. The molecule has 0 heterocycles. The van der Waals surface area contributed by atoms with Gasteiger partial charge in [-0.15, -0.1) is 0 Å². The van der Waals surface area contributed by atoms with E-state index in [2.05, 4.69) is 54.0 Å². The van der Waals surface area contributed by atoms with Gasteiger partial charge >= 0.3 is 6.09 Å². The number of primary amides is 1. The quantitative estimate of drug-likeness (QED) is 0.137. The largest absolute Gasteiger partial charge is 0.444 e. The molecule has 0 aromatic heterocycles. The molecule has 4 aromatic carbocycles. The molecule has 0 saturated heterocycles. The van der Waals surface area contributed by atoms with Crippen molar-refractivity contribution in [2.24, 2.45) is 5.73 Å². The molecule has 0 spiro atoms. The van der Waals surface area contributed by atoms with Crippen LogP contribution in [-0.2, 0) is 27.5 Å². The number of amides is 3. The van der Waals surface area contributed by atoms with Gasteiger partial charge < -0.3 is 20.5 Å². The minimum Gasteiger partial charge on any atom is -0.444 e. The summed E-state index contributed by atoms with van der Waals surface area (Å²) in [5, 5.41) is 7.10. The molecule has 8 nitrogen and oxygen atoms in total. The third kappa shape index (κ3) is 11.0. The molecule has 0 aliphatic heterocycles. The molecule has 4 aromatic rings. The van der Waals surface area contributed by atoms with E-state index < -0.39 is 11.7 Å². The predicted octanol–water partition coefficient (Wildman–Crippen LogP) is 7.14. The Balaban J connectivity index is 0.00000169. The first-order valence-corrected chi connectivity index (χ1v) is 16.3. The van der Waals surface area contributed by atoms with E-state index in [1.807, 2.05) is 54.6 Å². The number of benzene rings is 4. The standard InChI is InChI=1S/C34H37N2O4P.CH3NO/c1-34(2,3)40-33(38)36-30-20-17-28(26-9-7-6-8-10-26)21-31(30)35-32(37)27-15-11-24(12-16-27)22-39-23-25-13-18-29(19-14-25)41(4)5;2-1-3/h6-21H,22-23H2,1-5H3,(H,35,37)(H,36,38);1H,(H2,2,3).